The van der Waals surface area contributed by atoms with Crippen LogP contribution >= 0.6 is 0 Å². The van der Waals surface area contributed by atoms with Gasteiger partial charge in [0, 0.05) is 17.5 Å². The van der Waals surface area contributed by atoms with Crippen molar-refractivity contribution in [3.05, 3.63) is 145 Å². The zero-order valence-corrected chi connectivity index (χ0v) is 16.7. The summed E-state index contributed by atoms with van der Waals surface area (Å²) in [4.78, 5) is 2.38. The minimum Gasteiger partial charge on any atom is -0.383 e. The quantitative estimate of drug-likeness (QED) is 0.387. The highest BCUT2D eigenvalue weighted by molar-refractivity contribution is 6.83. The van der Waals surface area contributed by atoms with Crippen LogP contribution in [0.4, 0.5) is 5.69 Å². The minimum absolute atomic E-state index is 0.122. The van der Waals surface area contributed by atoms with E-state index in [1.165, 1.54) is 33.4 Å². The second-order valence-electron chi connectivity index (χ2n) is 7.45. The van der Waals surface area contributed by atoms with Crippen molar-refractivity contribution in [2.24, 2.45) is 0 Å². The van der Waals surface area contributed by atoms with E-state index in [-0.39, 0.29) is 6.85 Å². The Bertz CT molecular complexity index is 1070. The van der Waals surface area contributed by atoms with Gasteiger partial charge >= 0.3 is 6.85 Å². The monoisotopic (exact) mass is 383 g/mol. The average molecular weight is 383 g/mol. The van der Waals surface area contributed by atoms with Crippen LogP contribution in [0.5, 0.6) is 0 Å². The van der Waals surface area contributed by atoms with Gasteiger partial charge in [0.1, 0.15) is 0 Å². The predicted molar refractivity (Wildman–Crippen MR) is 130 cm³/mol. The van der Waals surface area contributed by atoms with Crippen LogP contribution in [0.25, 0.3) is 11.1 Å². The maximum absolute atomic E-state index is 2.40. The third-order valence-electron chi connectivity index (χ3n) is 5.55. The van der Waals surface area contributed by atoms with E-state index in [2.05, 4.69) is 138 Å². The van der Waals surface area contributed by atoms with E-state index in [4.69, 9.17) is 0 Å². The van der Waals surface area contributed by atoms with Crippen molar-refractivity contribution in [2.45, 2.75) is 0 Å². The van der Waals surface area contributed by atoms with Crippen molar-refractivity contribution >= 4 is 29.1 Å². The van der Waals surface area contributed by atoms with Crippen LogP contribution in [-0.2, 0) is 0 Å². The summed E-state index contributed by atoms with van der Waals surface area (Å²) in [5.41, 5.74) is 7.42. The lowest BCUT2D eigenvalue weighted by Gasteiger charge is -2.33. The molecule has 0 radical (unpaired) electrons. The van der Waals surface area contributed by atoms with Gasteiger partial charge in [-0.3, -0.25) is 0 Å². The number of hydrogen-bond acceptors (Lipinski definition) is 1. The molecule has 1 aliphatic rings. The van der Waals surface area contributed by atoms with Gasteiger partial charge in [-0.2, -0.15) is 0 Å². The van der Waals surface area contributed by atoms with Gasteiger partial charge in [-0.1, -0.05) is 121 Å². The summed E-state index contributed by atoms with van der Waals surface area (Å²) in [6.45, 7) is 0.122. The van der Waals surface area contributed by atoms with Crippen LogP contribution in [0.2, 0.25) is 0 Å². The second kappa shape index (κ2) is 8.30. The van der Waals surface area contributed by atoms with Crippen LogP contribution in [0, 0.1) is 0 Å². The van der Waals surface area contributed by atoms with E-state index >= 15 is 0 Å². The molecule has 0 unspecified atom stereocenters. The van der Waals surface area contributed by atoms with Gasteiger partial charge in [0.2, 0.25) is 0 Å². The Morgan fingerprint density at radius 2 is 0.933 bits per heavy atom. The first-order chi connectivity index (χ1) is 14.9. The Morgan fingerprint density at radius 1 is 0.467 bits per heavy atom. The van der Waals surface area contributed by atoms with Crippen LogP contribution in [0.1, 0.15) is 11.1 Å². The van der Waals surface area contributed by atoms with Crippen molar-refractivity contribution in [3.8, 4) is 0 Å². The van der Waals surface area contributed by atoms with Crippen LogP contribution < -0.4 is 10.3 Å². The highest BCUT2D eigenvalue weighted by Gasteiger charge is 2.29. The van der Waals surface area contributed by atoms with Gasteiger partial charge in [0.05, 0.1) is 0 Å². The number of benzene rings is 4. The molecule has 1 heterocycles. The molecule has 0 aromatic heterocycles. The molecule has 0 saturated carbocycles. The number of nitrogens with zero attached hydrogens (tertiary/aromatic N) is 1. The van der Waals surface area contributed by atoms with E-state index < -0.39 is 0 Å². The molecular weight excluding hydrogens is 361 g/mol. The number of anilines is 1. The van der Waals surface area contributed by atoms with Gasteiger partial charge < -0.3 is 4.81 Å². The van der Waals surface area contributed by atoms with Crippen molar-refractivity contribution in [1.29, 1.82) is 0 Å². The molecule has 0 bridgehead atoms. The summed E-state index contributed by atoms with van der Waals surface area (Å²) in [7, 11) is 0. The molecular formula is C28H22BN. The normalized spacial score (nSPS) is 13.6. The largest absolute Gasteiger partial charge is 0.383 e. The third-order valence-corrected chi connectivity index (χ3v) is 5.55. The van der Waals surface area contributed by atoms with Crippen molar-refractivity contribution in [1.82, 2.24) is 0 Å². The molecule has 0 saturated heterocycles. The summed E-state index contributed by atoms with van der Waals surface area (Å²) >= 11 is 0. The molecule has 0 amide bonds. The summed E-state index contributed by atoms with van der Waals surface area (Å²) in [5.74, 6) is 2.40. The Balaban J connectivity index is 1.72. The fourth-order valence-corrected chi connectivity index (χ4v) is 4.08. The summed E-state index contributed by atoms with van der Waals surface area (Å²) in [5, 5.41) is 0. The molecule has 4 aromatic rings. The highest BCUT2D eigenvalue weighted by atomic mass is 15.1. The molecule has 0 spiro atoms. The summed E-state index contributed by atoms with van der Waals surface area (Å²) in [6, 6.07) is 42.7. The van der Waals surface area contributed by atoms with Gasteiger partial charge in [-0.15, -0.1) is 0 Å². The van der Waals surface area contributed by atoms with Crippen molar-refractivity contribution in [2.75, 3.05) is 4.81 Å². The Labute approximate surface area is 178 Å². The van der Waals surface area contributed by atoms with Crippen LogP contribution in [0.15, 0.2) is 134 Å². The molecule has 1 aliphatic heterocycles. The molecule has 4 aromatic carbocycles. The highest BCUT2D eigenvalue weighted by Crippen LogP contribution is 2.36. The molecule has 1 nitrogen and oxygen atoms in total. The topological polar surface area (TPSA) is 3.24 Å². The second-order valence-corrected chi connectivity index (χ2v) is 7.45. The zero-order valence-electron chi connectivity index (χ0n) is 16.7. The Kier molecular flexibility index (Phi) is 5.06. The number of allylic oxidation sites excluding steroid dienone is 2. The fourth-order valence-electron chi connectivity index (χ4n) is 4.08. The molecule has 2 heteroatoms. The minimum atomic E-state index is 0.122. The summed E-state index contributed by atoms with van der Waals surface area (Å²) in [6.07, 6.45) is 2.31. The van der Waals surface area contributed by atoms with Crippen molar-refractivity contribution < 1.29 is 0 Å². The molecule has 142 valence electrons. The van der Waals surface area contributed by atoms with E-state index in [0.29, 0.717) is 0 Å². The standard InChI is InChI=1S/C28H22BN/c1-5-13-23(14-6-1)27-21-29(25-17-9-3-10-18-25)30(26-19-11-4-12-20-26)22-28(27)24-15-7-2-8-16-24/h1-22H. The Morgan fingerprint density at radius 3 is 1.50 bits per heavy atom. The maximum Gasteiger partial charge on any atom is 0.320 e. The van der Waals surface area contributed by atoms with Crippen LogP contribution in [-0.4, -0.2) is 6.85 Å². The smallest absolute Gasteiger partial charge is 0.320 e. The lowest BCUT2D eigenvalue weighted by Crippen LogP contribution is -2.46. The molecule has 0 atom stereocenters. The molecule has 0 fully saturated rings. The first kappa shape index (κ1) is 18.3. The van der Waals surface area contributed by atoms with E-state index in [1.807, 2.05) is 0 Å². The molecule has 30 heavy (non-hydrogen) atoms. The number of para-hydroxylation sites is 1. The zero-order chi connectivity index (χ0) is 20.2. The number of rotatable bonds is 4. The molecule has 0 N–H and O–H groups in total. The third kappa shape index (κ3) is 3.60. The molecule has 5 rings (SSSR count). The average Bonchev–Trinajstić information content (AvgIpc) is 2.85. The van der Waals surface area contributed by atoms with E-state index in [0.717, 1.165) is 0 Å². The SMILES string of the molecule is C1=C(c2ccccc2)C(c2ccccc2)=CN(c2ccccc2)B1c1ccccc1. The Hall–Kier alpha value is -3.78. The van der Waals surface area contributed by atoms with Crippen molar-refractivity contribution in [3.63, 3.8) is 0 Å². The van der Waals surface area contributed by atoms with Gasteiger partial charge in [-0.25, -0.2) is 0 Å². The van der Waals surface area contributed by atoms with E-state index in [9.17, 15) is 0 Å². The predicted octanol–water partition coefficient (Wildman–Crippen LogP) is 6.07. The number of hydrogen-bond donors (Lipinski definition) is 0. The van der Waals surface area contributed by atoms with Gasteiger partial charge in [0.15, 0.2) is 0 Å². The first-order valence-electron chi connectivity index (χ1n) is 10.3. The van der Waals surface area contributed by atoms with Gasteiger partial charge in [-0.05, 0) is 28.8 Å². The lowest BCUT2D eigenvalue weighted by atomic mass is 9.51. The lowest BCUT2D eigenvalue weighted by molar-refractivity contribution is 1.38. The van der Waals surface area contributed by atoms with E-state index in [1.54, 1.807) is 0 Å². The molecule has 0 aliphatic carbocycles. The maximum atomic E-state index is 2.40. The first-order valence-corrected chi connectivity index (χ1v) is 10.3. The van der Waals surface area contributed by atoms with Gasteiger partial charge in [0.25, 0.3) is 0 Å². The fraction of sp³-hybridized carbons (Fsp3) is 0. The summed E-state index contributed by atoms with van der Waals surface area (Å²) < 4.78 is 0. The van der Waals surface area contributed by atoms with Crippen LogP contribution in [0.3, 0.4) is 0 Å².